The number of aryl methyl sites for hydroxylation is 1. The van der Waals surface area contributed by atoms with Gasteiger partial charge < -0.3 is 19.6 Å². The van der Waals surface area contributed by atoms with Gasteiger partial charge in [-0.15, -0.1) is 0 Å². The van der Waals surface area contributed by atoms with E-state index in [1.165, 1.54) is 6.07 Å². The fraction of sp³-hybridized carbons (Fsp3) is 0.154. The summed E-state index contributed by atoms with van der Waals surface area (Å²) < 4.78 is 11.1. The van der Waals surface area contributed by atoms with Crippen molar-refractivity contribution in [2.24, 2.45) is 0 Å². The van der Waals surface area contributed by atoms with Gasteiger partial charge in [0.25, 0.3) is 5.91 Å². The zero-order valence-corrected chi connectivity index (χ0v) is 17.6. The second-order valence-corrected chi connectivity index (χ2v) is 7.43. The third-order valence-corrected chi connectivity index (χ3v) is 5.23. The highest BCUT2D eigenvalue weighted by atomic mass is 16.5. The highest BCUT2D eigenvalue weighted by Crippen LogP contribution is 2.33. The van der Waals surface area contributed by atoms with Crippen LogP contribution in [0.5, 0.6) is 5.75 Å². The number of nitrogens with one attached hydrogen (secondary N) is 1. The SMILES string of the molecule is Cc1c(OCC(=O)NC[C@H](O)c2ccccc2)ccc2c(-c3ccccc3)cc(=O)oc12. The molecule has 0 unspecified atom stereocenters. The molecule has 2 N–H and O–H groups in total. The molecular formula is C26H23NO5. The molecule has 6 nitrogen and oxygen atoms in total. The Balaban J connectivity index is 1.47. The lowest BCUT2D eigenvalue weighted by Gasteiger charge is -2.14. The van der Waals surface area contributed by atoms with Gasteiger partial charge in [0.15, 0.2) is 6.61 Å². The molecular weight excluding hydrogens is 406 g/mol. The fourth-order valence-corrected chi connectivity index (χ4v) is 3.55. The maximum absolute atomic E-state index is 12.2. The van der Waals surface area contributed by atoms with Crippen LogP contribution < -0.4 is 15.7 Å². The second-order valence-electron chi connectivity index (χ2n) is 7.43. The number of benzene rings is 3. The molecule has 162 valence electrons. The van der Waals surface area contributed by atoms with Crippen LogP contribution in [0.4, 0.5) is 0 Å². The van der Waals surface area contributed by atoms with E-state index < -0.39 is 11.7 Å². The molecule has 1 heterocycles. The molecule has 0 aliphatic rings. The van der Waals surface area contributed by atoms with Gasteiger partial charge in [0.2, 0.25) is 0 Å². The Morgan fingerprint density at radius 1 is 1.03 bits per heavy atom. The van der Waals surface area contributed by atoms with E-state index in [2.05, 4.69) is 5.32 Å². The van der Waals surface area contributed by atoms with Gasteiger partial charge in [-0.25, -0.2) is 4.79 Å². The molecule has 1 atom stereocenters. The maximum Gasteiger partial charge on any atom is 0.336 e. The normalized spacial score (nSPS) is 11.8. The summed E-state index contributed by atoms with van der Waals surface area (Å²) in [6, 6.07) is 23.8. The van der Waals surface area contributed by atoms with Crippen LogP contribution in [0, 0.1) is 6.92 Å². The Morgan fingerprint density at radius 2 is 1.72 bits per heavy atom. The van der Waals surface area contributed by atoms with E-state index in [4.69, 9.17) is 9.15 Å². The molecule has 6 heteroatoms. The summed E-state index contributed by atoms with van der Waals surface area (Å²) in [4.78, 5) is 24.4. The lowest BCUT2D eigenvalue weighted by molar-refractivity contribution is -0.123. The van der Waals surface area contributed by atoms with E-state index in [-0.39, 0.29) is 19.1 Å². The number of amides is 1. The molecule has 1 amide bonds. The summed E-state index contributed by atoms with van der Waals surface area (Å²) in [6.07, 6.45) is -0.798. The standard InChI is InChI=1S/C26H23NO5/c1-17-23(31-16-24(29)27-15-22(28)19-10-6-3-7-11-19)13-12-20-21(14-25(30)32-26(17)20)18-8-4-2-5-9-18/h2-14,22,28H,15-16H2,1H3,(H,27,29)/t22-/m0/s1. The first-order valence-corrected chi connectivity index (χ1v) is 10.3. The lowest BCUT2D eigenvalue weighted by atomic mass is 10.0. The highest BCUT2D eigenvalue weighted by Gasteiger charge is 2.15. The molecule has 0 aliphatic carbocycles. The molecule has 0 saturated carbocycles. The summed E-state index contributed by atoms with van der Waals surface area (Å²) in [6.45, 7) is 1.64. The molecule has 0 fully saturated rings. The predicted octanol–water partition coefficient (Wildman–Crippen LogP) is 4.00. The number of aliphatic hydroxyl groups is 1. The summed E-state index contributed by atoms with van der Waals surface area (Å²) in [7, 11) is 0. The van der Waals surface area contributed by atoms with Crippen molar-refractivity contribution in [3.63, 3.8) is 0 Å². The van der Waals surface area contributed by atoms with Gasteiger partial charge in [-0.2, -0.15) is 0 Å². The van der Waals surface area contributed by atoms with Crippen LogP contribution in [-0.2, 0) is 4.79 Å². The molecule has 3 aromatic carbocycles. The zero-order valence-electron chi connectivity index (χ0n) is 17.6. The smallest absolute Gasteiger partial charge is 0.336 e. The minimum atomic E-state index is -0.798. The van der Waals surface area contributed by atoms with Crippen molar-refractivity contribution in [2.45, 2.75) is 13.0 Å². The van der Waals surface area contributed by atoms with Crippen molar-refractivity contribution in [1.82, 2.24) is 5.32 Å². The molecule has 0 bridgehead atoms. The van der Waals surface area contributed by atoms with Crippen LogP contribution in [0.2, 0.25) is 0 Å². The number of hydrogen-bond donors (Lipinski definition) is 2. The van der Waals surface area contributed by atoms with E-state index in [0.29, 0.717) is 16.9 Å². The van der Waals surface area contributed by atoms with Crippen LogP contribution in [0.1, 0.15) is 17.2 Å². The third kappa shape index (κ3) is 4.71. The fourth-order valence-electron chi connectivity index (χ4n) is 3.55. The number of fused-ring (bicyclic) bond motifs is 1. The Bertz CT molecular complexity index is 1280. The number of carbonyl (C=O) groups is 1. The van der Waals surface area contributed by atoms with Gasteiger partial charge in [-0.05, 0) is 35.7 Å². The third-order valence-electron chi connectivity index (χ3n) is 5.23. The van der Waals surface area contributed by atoms with Crippen molar-refractivity contribution in [3.8, 4) is 16.9 Å². The predicted molar refractivity (Wildman–Crippen MR) is 123 cm³/mol. The van der Waals surface area contributed by atoms with Gasteiger partial charge in [0, 0.05) is 23.6 Å². The first-order valence-electron chi connectivity index (χ1n) is 10.3. The minimum Gasteiger partial charge on any atom is -0.483 e. The summed E-state index contributed by atoms with van der Waals surface area (Å²) >= 11 is 0. The average Bonchev–Trinajstić information content (AvgIpc) is 2.83. The van der Waals surface area contributed by atoms with Gasteiger partial charge in [-0.3, -0.25) is 4.79 Å². The number of carbonyl (C=O) groups excluding carboxylic acids is 1. The number of aliphatic hydroxyl groups excluding tert-OH is 1. The van der Waals surface area contributed by atoms with E-state index >= 15 is 0 Å². The molecule has 0 aliphatic heterocycles. The van der Waals surface area contributed by atoms with Crippen molar-refractivity contribution < 1.29 is 19.1 Å². The largest absolute Gasteiger partial charge is 0.483 e. The maximum atomic E-state index is 12.2. The first kappa shape index (κ1) is 21.3. The van der Waals surface area contributed by atoms with Crippen molar-refractivity contribution in [2.75, 3.05) is 13.2 Å². The summed E-state index contributed by atoms with van der Waals surface area (Å²) in [5, 5.41) is 13.6. The average molecular weight is 429 g/mol. The number of ether oxygens (including phenoxy) is 1. The van der Waals surface area contributed by atoms with E-state index in [1.807, 2.05) is 54.6 Å². The van der Waals surface area contributed by atoms with Crippen LogP contribution in [0.25, 0.3) is 22.1 Å². The van der Waals surface area contributed by atoms with E-state index in [9.17, 15) is 14.7 Å². The molecule has 4 rings (SSSR count). The molecule has 0 spiro atoms. The molecule has 1 aromatic heterocycles. The van der Waals surface area contributed by atoms with E-state index in [1.54, 1.807) is 25.1 Å². The first-order chi connectivity index (χ1) is 15.5. The Morgan fingerprint density at radius 3 is 2.44 bits per heavy atom. The van der Waals surface area contributed by atoms with Gasteiger partial charge in [-0.1, -0.05) is 60.7 Å². The van der Waals surface area contributed by atoms with Gasteiger partial charge >= 0.3 is 5.63 Å². The zero-order chi connectivity index (χ0) is 22.5. The van der Waals surface area contributed by atoms with Gasteiger partial charge in [0.1, 0.15) is 11.3 Å². The van der Waals surface area contributed by atoms with Crippen molar-refractivity contribution >= 4 is 16.9 Å². The van der Waals surface area contributed by atoms with Crippen LogP contribution in [0.3, 0.4) is 0 Å². The van der Waals surface area contributed by atoms with Crippen LogP contribution in [-0.4, -0.2) is 24.2 Å². The topological polar surface area (TPSA) is 88.8 Å². The van der Waals surface area contributed by atoms with Gasteiger partial charge in [0.05, 0.1) is 6.10 Å². The highest BCUT2D eigenvalue weighted by molar-refractivity contribution is 5.95. The summed E-state index contributed by atoms with van der Waals surface area (Å²) in [5.74, 6) is 0.0867. The molecule has 4 aromatic rings. The quantitative estimate of drug-likeness (QED) is 0.434. The Kier molecular flexibility index (Phi) is 6.33. The van der Waals surface area contributed by atoms with Crippen LogP contribution >= 0.6 is 0 Å². The lowest BCUT2D eigenvalue weighted by Crippen LogP contribution is -2.32. The molecule has 0 saturated heterocycles. The van der Waals surface area contributed by atoms with Crippen LogP contribution in [0.15, 0.2) is 88.1 Å². The molecule has 0 radical (unpaired) electrons. The second kappa shape index (κ2) is 9.49. The monoisotopic (exact) mass is 429 g/mol. The Labute approximate surface area is 185 Å². The minimum absolute atomic E-state index is 0.0816. The van der Waals surface area contributed by atoms with Crippen molar-refractivity contribution in [3.05, 3.63) is 100 Å². The van der Waals surface area contributed by atoms with Crippen molar-refractivity contribution in [1.29, 1.82) is 0 Å². The van der Waals surface area contributed by atoms with E-state index in [0.717, 1.165) is 22.1 Å². The summed E-state index contributed by atoms with van der Waals surface area (Å²) in [5.41, 5.74) is 3.02. The molecule has 32 heavy (non-hydrogen) atoms. The Hall–Kier alpha value is -3.90. The number of hydrogen-bond acceptors (Lipinski definition) is 5. The number of rotatable bonds is 7.